The number of halogens is 1. The Bertz CT molecular complexity index is 713. The molecule has 0 spiro atoms. The summed E-state index contributed by atoms with van der Waals surface area (Å²) in [6, 6.07) is 11.3. The smallest absolute Gasteiger partial charge is 0.225 e. The lowest BCUT2D eigenvalue weighted by atomic mass is 9.84. The van der Waals surface area contributed by atoms with Gasteiger partial charge in [-0.2, -0.15) is 0 Å². The lowest BCUT2D eigenvalue weighted by Gasteiger charge is -2.27. The second-order valence-corrected chi connectivity index (χ2v) is 5.59. The molecule has 2 aromatic carbocycles. The van der Waals surface area contributed by atoms with Crippen molar-refractivity contribution < 1.29 is 14.3 Å². The molecule has 1 aliphatic heterocycles. The molecule has 1 aliphatic rings. The quantitative estimate of drug-likeness (QED) is 0.936. The molecule has 1 atom stereocenters. The maximum absolute atomic E-state index is 12.0. The molecule has 0 saturated carbocycles. The summed E-state index contributed by atoms with van der Waals surface area (Å²) in [5, 5.41) is 3.57. The second kappa shape index (κ2) is 5.89. The number of ether oxygens (including phenoxy) is 2. The molecule has 1 amide bonds. The minimum Gasteiger partial charge on any atom is -0.493 e. The van der Waals surface area contributed by atoms with Gasteiger partial charge in [-0.1, -0.05) is 23.7 Å². The standard InChI is InChI=1S/C17H16ClNO3/c1-21-15-7-13-12(10-3-5-11(18)6-4-10)8-17(20)19-14(13)9-16(15)22-2/h3-7,9,12H,8H2,1-2H3,(H,19,20)/t12-/m1/s1. The Morgan fingerprint density at radius 3 is 2.36 bits per heavy atom. The largest absolute Gasteiger partial charge is 0.493 e. The Hall–Kier alpha value is -2.20. The van der Waals surface area contributed by atoms with Gasteiger partial charge in [0, 0.05) is 29.1 Å². The molecule has 0 radical (unpaired) electrons. The van der Waals surface area contributed by atoms with Gasteiger partial charge >= 0.3 is 0 Å². The number of anilines is 1. The van der Waals surface area contributed by atoms with Crippen LogP contribution in [0.1, 0.15) is 23.5 Å². The minimum absolute atomic E-state index is 0.0142. The Morgan fingerprint density at radius 2 is 1.73 bits per heavy atom. The molecular formula is C17H16ClNO3. The summed E-state index contributed by atoms with van der Waals surface area (Å²) in [6.07, 6.45) is 0.393. The molecule has 0 aliphatic carbocycles. The van der Waals surface area contributed by atoms with E-state index in [0.29, 0.717) is 22.9 Å². The van der Waals surface area contributed by atoms with Gasteiger partial charge in [0.2, 0.25) is 5.91 Å². The van der Waals surface area contributed by atoms with E-state index < -0.39 is 0 Å². The number of fused-ring (bicyclic) bond motifs is 1. The van der Waals surface area contributed by atoms with E-state index in [9.17, 15) is 4.79 Å². The third-order valence-corrected chi connectivity index (χ3v) is 4.12. The molecule has 114 valence electrons. The highest BCUT2D eigenvalue weighted by Gasteiger charge is 2.28. The van der Waals surface area contributed by atoms with Crippen LogP contribution in [0.15, 0.2) is 36.4 Å². The molecule has 0 aromatic heterocycles. The predicted molar refractivity (Wildman–Crippen MR) is 86.1 cm³/mol. The van der Waals surface area contributed by atoms with E-state index in [-0.39, 0.29) is 11.8 Å². The normalized spacial score (nSPS) is 16.7. The SMILES string of the molecule is COc1cc2c(cc1OC)[C@@H](c1ccc(Cl)cc1)CC(=O)N2. The Morgan fingerprint density at radius 1 is 1.09 bits per heavy atom. The number of methoxy groups -OCH3 is 2. The Balaban J connectivity index is 2.11. The second-order valence-electron chi connectivity index (χ2n) is 5.15. The van der Waals surface area contributed by atoms with Crippen LogP contribution in [-0.4, -0.2) is 20.1 Å². The minimum atomic E-state index is -0.0270. The van der Waals surface area contributed by atoms with Gasteiger partial charge in [0.25, 0.3) is 0 Å². The first kappa shape index (κ1) is 14.7. The zero-order valence-electron chi connectivity index (χ0n) is 12.4. The Labute approximate surface area is 134 Å². The summed E-state index contributed by atoms with van der Waals surface area (Å²) in [5.41, 5.74) is 2.82. The van der Waals surface area contributed by atoms with Crippen LogP contribution in [0.5, 0.6) is 11.5 Å². The van der Waals surface area contributed by atoms with E-state index in [0.717, 1.165) is 16.8 Å². The molecule has 0 fully saturated rings. The molecule has 1 heterocycles. The van der Waals surface area contributed by atoms with E-state index >= 15 is 0 Å². The zero-order valence-corrected chi connectivity index (χ0v) is 13.1. The van der Waals surface area contributed by atoms with Crippen LogP contribution in [0.3, 0.4) is 0 Å². The molecule has 22 heavy (non-hydrogen) atoms. The van der Waals surface area contributed by atoms with Crippen LogP contribution in [0.4, 0.5) is 5.69 Å². The number of amides is 1. The first-order chi connectivity index (χ1) is 10.6. The molecule has 3 rings (SSSR count). The average Bonchev–Trinajstić information content (AvgIpc) is 2.53. The van der Waals surface area contributed by atoms with Gasteiger partial charge in [-0.3, -0.25) is 4.79 Å². The topological polar surface area (TPSA) is 47.6 Å². The van der Waals surface area contributed by atoms with Crippen molar-refractivity contribution in [3.05, 3.63) is 52.5 Å². The molecule has 0 unspecified atom stereocenters. The van der Waals surface area contributed by atoms with Crippen molar-refractivity contribution in [2.24, 2.45) is 0 Å². The van der Waals surface area contributed by atoms with Crippen molar-refractivity contribution >= 4 is 23.2 Å². The highest BCUT2D eigenvalue weighted by molar-refractivity contribution is 6.30. The molecule has 1 N–H and O–H groups in total. The van der Waals surface area contributed by atoms with E-state index in [1.807, 2.05) is 30.3 Å². The number of benzene rings is 2. The highest BCUT2D eigenvalue weighted by Crippen LogP contribution is 2.43. The fourth-order valence-electron chi connectivity index (χ4n) is 2.78. The fraction of sp³-hybridized carbons (Fsp3) is 0.235. The van der Waals surface area contributed by atoms with Crippen LogP contribution < -0.4 is 14.8 Å². The van der Waals surface area contributed by atoms with Crippen LogP contribution in [0.2, 0.25) is 5.02 Å². The number of hydrogen-bond donors (Lipinski definition) is 1. The van der Waals surface area contributed by atoms with Gasteiger partial charge in [0.15, 0.2) is 11.5 Å². The molecule has 2 aromatic rings. The van der Waals surface area contributed by atoms with Gasteiger partial charge in [-0.05, 0) is 29.3 Å². The molecule has 0 saturated heterocycles. The van der Waals surface area contributed by atoms with Crippen molar-refractivity contribution in [1.29, 1.82) is 0 Å². The summed E-state index contributed by atoms with van der Waals surface area (Å²) in [4.78, 5) is 12.0. The number of rotatable bonds is 3. The zero-order chi connectivity index (χ0) is 15.7. The van der Waals surface area contributed by atoms with Gasteiger partial charge in [0.1, 0.15) is 0 Å². The number of carbonyl (C=O) groups excluding carboxylic acids is 1. The third-order valence-electron chi connectivity index (χ3n) is 3.87. The van der Waals surface area contributed by atoms with Gasteiger partial charge in [0.05, 0.1) is 14.2 Å². The molecule has 5 heteroatoms. The summed E-state index contributed by atoms with van der Waals surface area (Å²) in [7, 11) is 3.18. The van der Waals surface area contributed by atoms with Crippen LogP contribution >= 0.6 is 11.6 Å². The monoisotopic (exact) mass is 317 g/mol. The van der Waals surface area contributed by atoms with E-state index in [2.05, 4.69) is 5.32 Å². The number of hydrogen-bond acceptors (Lipinski definition) is 3. The molecule has 0 bridgehead atoms. The van der Waals surface area contributed by atoms with E-state index in [4.69, 9.17) is 21.1 Å². The number of nitrogens with one attached hydrogen (secondary N) is 1. The lowest BCUT2D eigenvalue weighted by Crippen LogP contribution is -2.23. The predicted octanol–water partition coefficient (Wildman–Crippen LogP) is 3.83. The Kier molecular flexibility index (Phi) is 3.94. The van der Waals surface area contributed by atoms with Gasteiger partial charge in [-0.25, -0.2) is 0 Å². The highest BCUT2D eigenvalue weighted by atomic mass is 35.5. The summed E-state index contributed by atoms with van der Waals surface area (Å²) < 4.78 is 10.7. The molecular weight excluding hydrogens is 302 g/mol. The van der Waals surface area contributed by atoms with Crippen molar-refractivity contribution in [1.82, 2.24) is 0 Å². The first-order valence-electron chi connectivity index (χ1n) is 6.93. The van der Waals surface area contributed by atoms with Crippen LogP contribution in [0.25, 0.3) is 0 Å². The molecule has 4 nitrogen and oxygen atoms in total. The van der Waals surface area contributed by atoms with Crippen molar-refractivity contribution in [3.8, 4) is 11.5 Å². The van der Waals surface area contributed by atoms with Crippen molar-refractivity contribution in [2.45, 2.75) is 12.3 Å². The maximum Gasteiger partial charge on any atom is 0.225 e. The third kappa shape index (κ3) is 2.62. The summed E-state index contributed by atoms with van der Waals surface area (Å²) >= 11 is 5.95. The number of carbonyl (C=O) groups is 1. The van der Waals surface area contributed by atoms with Gasteiger partial charge < -0.3 is 14.8 Å². The lowest BCUT2D eigenvalue weighted by molar-refractivity contribution is -0.116. The van der Waals surface area contributed by atoms with Gasteiger partial charge in [-0.15, -0.1) is 0 Å². The summed E-state index contributed by atoms with van der Waals surface area (Å²) in [6.45, 7) is 0. The van der Waals surface area contributed by atoms with E-state index in [1.165, 1.54) is 0 Å². The maximum atomic E-state index is 12.0. The first-order valence-corrected chi connectivity index (χ1v) is 7.31. The van der Waals surface area contributed by atoms with Crippen LogP contribution in [-0.2, 0) is 4.79 Å². The summed E-state index contributed by atoms with van der Waals surface area (Å²) in [5.74, 6) is 1.20. The van der Waals surface area contributed by atoms with Crippen molar-refractivity contribution in [3.63, 3.8) is 0 Å². The van der Waals surface area contributed by atoms with Crippen molar-refractivity contribution in [2.75, 3.05) is 19.5 Å². The fourth-order valence-corrected chi connectivity index (χ4v) is 2.91. The average molecular weight is 318 g/mol. The van der Waals surface area contributed by atoms with Crippen LogP contribution in [0, 0.1) is 0 Å². The van der Waals surface area contributed by atoms with E-state index in [1.54, 1.807) is 20.3 Å².